The van der Waals surface area contributed by atoms with Crippen LogP contribution in [0.3, 0.4) is 0 Å². The van der Waals surface area contributed by atoms with Gasteiger partial charge in [0.1, 0.15) is 6.15 Å². The third-order valence-corrected chi connectivity index (χ3v) is 50.4. The van der Waals surface area contributed by atoms with Gasteiger partial charge in [-0.3, -0.25) is 0 Å². The van der Waals surface area contributed by atoms with E-state index in [1.165, 1.54) is 67.9 Å². The molecule has 0 bridgehead atoms. The van der Waals surface area contributed by atoms with Crippen LogP contribution in [-0.2, 0) is 42.1 Å². The van der Waals surface area contributed by atoms with Gasteiger partial charge in [0.15, 0.2) is 0 Å². The van der Waals surface area contributed by atoms with Crippen molar-refractivity contribution in [3.05, 3.63) is 113 Å². The quantitative estimate of drug-likeness (QED) is 0.0775. The monoisotopic (exact) mass is 2310 g/mol. The van der Waals surface area contributed by atoms with Crippen molar-refractivity contribution in [2.75, 3.05) is 0 Å². The van der Waals surface area contributed by atoms with E-state index in [-0.39, 0.29) is 101 Å². The number of benzene rings is 4. The molecule has 0 spiro atoms. The van der Waals surface area contributed by atoms with Crippen LogP contribution >= 0.6 is 124 Å². The second-order valence-corrected chi connectivity index (χ2v) is 55.0. The zero-order valence-corrected chi connectivity index (χ0v) is 88.2. The van der Waals surface area contributed by atoms with Gasteiger partial charge in [0.05, 0.1) is 67.9 Å². The topological polar surface area (TPSA) is 0 Å². The van der Waals surface area contributed by atoms with Gasteiger partial charge in [-0.2, -0.15) is 21.9 Å². The summed E-state index contributed by atoms with van der Waals surface area (Å²) in [5.41, 5.74) is 17.8. The first-order valence-electron chi connectivity index (χ1n) is 46.9. The molecule has 112 heavy (non-hydrogen) atoms. The van der Waals surface area contributed by atoms with Crippen molar-refractivity contribution in [2.24, 2.45) is 0 Å². The van der Waals surface area contributed by atoms with Gasteiger partial charge in [-0.05, 0) is 332 Å². The number of halogens is 8. The Morgan fingerprint density at radius 3 is 0.339 bits per heavy atom. The van der Waals surface area contributed by atoms with Crippen LogP contribution in [0.4, 0.5) is 0 Å². The van der Waals surface area contributed by atoms with Gasteiger partial charge in [-0.1, -0.05) is 218 Å². The van der Waals surface area contributed by atoms with Gasteiger partial charge in [-0.15, -0.1) is 0 Å². The molecule has 16 rings (SSSR count). The first kappa shape index (κ1) is 99.1. The minimum atomic E-state index is -2.04. The van der Waals surface area contributed by atoms with E-state index < -0.39 is 6.15 Å². The molecule has 0 unspecified atom stereocenters. The summed E-state index contributed by atoms with van der Waals surface area (Å²) in [4.78, 5) is 0. The molecule has 0 saturated heterocycles. The Morgan fingerprint density at radius 1 is 0.161 bits per heavy atom. The Hall–Kier alpha value is 3.28. The van der Waals surface area contributed by atoms with E-state index in [2.05, 4.69) is 0 Å². The first-order valence-corrected chi connectivity index (χ1v) is 56.8. The van der Waals surface area contributed by atoms with Crippen molar-refractivity contribution in [2.45, 2.75) is 453 Å². The molecule has 1 radical (unpaired) electrons. The third kappa shape index (κ3) is 29.7. The van der Waals surface area contributed by atoms with Crippen molar-refractivity contribution >= 4 is 180 Å². The molecule has 4 aromatic carbocycles. The average molecular weight is 2320 g/mol. The molecule has 12 aliphatic carbocycles. The summed E-state index contributed by atoms with van der Waals surface area (Å²) in [7, 11) is -0.186. The van der Waals surface area contributed by atoms with E-state index >= 15 is 0 Å². The largest absolute Gasteiger partial charge is 0.192 e. The molecule has 16 heteroatoms. The van der Waals surface area contributed by atoms with Crippen molar-refractivity contribution in [1.82, 2.24) is 0 Å². The maximum absolute atomic E-state index is 6.48. The van der Waals surface area contributed by atoms with E-state index in [1.807, 2.05) is 48.5 Å². The van der Waals surface area contributed by atoms with E-state index in [0.717, 1.165) is 21.9 Å². The second kappa shape index (κ2) is 53.7. The smallest absolute Gasteiger partial charge is 0.108 e. The molecule has 0 aliphatic heterocycles. The molecule has 631 valence electrons. The fraction of sp³-hybridized carbons (Fsp3) is 0.750. The maximum Gasteiger partial charge on any atom is 0.108 e. The Balaban J connectivity index is 0.000000163. The third-order valence-electron chi connectivity index (χ3n) is 30.5. The van der Waals surface area contributed by atoms with Crippen LogP contribution in [0, 0.1) is 0 Å². The van der Waals surface area contributed by atoms with Crippen LogP contribution in [0.15, 0.2) is 72.8 Å². The fourth-order valence-electron chi connectivity index (χ4n) is 25.7. The molecule has 0 aromatic heterocycles. The van der Waals surface area contributed by atoms with Crippen molar-refractivity contribution < 1.29 is 42.1 Å². The molecule has 4 aromatic rings. The minimum absolute atomic E-state index is 0. The van der Waals surface area contributed by atoms with Crippen molar-refractivity contribution in [3.8, 4) is 0 Å². The molecule has 12 fully saturated rings. The molecule has 12 saturated carbocycles. The first-order chi connectivity index (χ1) is 53.4. The van der Waals surface area contributed by atoms with Crippen LogP contribution in [0.5, 0.6) is 0 Å². The zero-order valence-electron chi connectivity index (χ0n) is 69.1. The van der Waals surface area contributed by atoms with Crippen LogP contribution < -0.4 is 21.9 Å². The van der Waals surface area contributed by atoms with E-state index in [0.29, 0.717) is 40.2 Å². The molecule has 0 amide bonds. The summed E-state index contributed by atoms with van der Waals surface area (Å²) >= 11 is 51.8. The van der Waals surface area contributed by atoms with Gasteiger partial charge in [0.25, 0.3) is 0 Å². The fourth-order valence-corrected chi connectivity index (χ4v) is 48.8. The predicted octanol–water partition coefficient (Wildman–Crippen LogP) is 32.7. The van der Waals surface area contributed by atoms with E-state index in [1.54, 1.807) is 410 Å². The van der Waals surface area contributed by atoms with Gasteiger partial charge in [-0.25, -0.2) is 0 Å². The van der Waals surface area contributed by atoms with Gasteiger partial charge in [0.2, 0.25) is 0 Å². The summed E-state index contributed by atoms with van der Waals surface area (Å²) in [5, 5.41) is 3.65. The second-order valence-electron chi connectivity index (χ2n) is 37.7. The number of rotatable bonds is 16. The van der Waals surface area contributed by atoms with Crippen LogP contribution in [0.25, 0.3) is 0 Å². The van der Waals surface area contributed by atoms with E-state index in [4.69, 9.17) is 92.8 Å². The molecule has 0 nitrogen and oxygen atoms in total. The Bertz CT molecular complexity index is 2570. The maximum atomic E-state index is 6.48. The molecule has 0 atom stereocenters. The number of hydrogen-bond acceptors (Lipinski definition) is 0. The molecular formula is C96H148BCl8P4Pt2Tl+3. The Labute approximate surface area is 779 Å². The molecule has 12 aliphatic rings. The molecule has 0 N–H and O–H groups in total. The zero-order chi connectivity index (χ0) is 75.6. The normalized spacial score (nSPS) is 23.0. The molecule has 0 heterocycles. The van der Waals surface area contributed by atoms with Gasteiger partial charge >= 0.3 is 0 Å². The summed E-state index contributed by atoms with van der Waals surface area (Å²) in [6, 6.07) is 21.4. The Kier molecular flexibility index (Phi) is 47.5. The van der Waals surface area contributed by atoms with Crippen LogP contribution in [0.2, 0.25) is 40.2 Å². The van der Waals surface area contributed by atoms with Crippen LogP contribution in [-0.4, -0.2) is 101 Å². The van der Waals surface area contributed by atoms with Crippen LogP contribution in [0.1, 0.15) is 385 Å². The average Bonchev–Trinajstić information content (AvgIpc) is 0.722. The standard InChI is InChI=1S/C24H12BCl8.4C18H33P.2Pt.Tl/c26-17-1-13(2-18(27)9-17)25(14-3-19(28)10-20(29)4-14,15-5-21(30)11-22(31)6-15)16-7-23(32)12-24(33)8-16;4*1-4-10-16(11-5-1)19(17-12-6-2-7-13-17)18-14-8-3-9-15-18;;;/h1-12H;4*16-18H,1-15H2;;;/q-1;;;;;;;/p+4. The molecular weight excluding hydrogens is 2170 g/mol. The summed E-state index contributed by atoms with van der Waals surface area (Å²) in [6.45, 7) is 0. The summed E-state index contributed by atoms with van der Waals surface area (Å²) < 4.78 is 0. The van der Waals surface area contributed by atoms with Crippen molar-refractivity contribution in [1.29, 1.82) is 0 Å². The van der Waals surface area contributed by atoms with Gasteiger partial charge < -0.3 is 0 Å². The minimum Gasteiger partial charge on any atom is -0.192 e. The predicted molar refractivity (Wildman–Crippen MR) is 512 cm³/mol. The number of hydrogen-bond donors (Lipinski definition) is 0. The van der Waals surface area contributed by atoms with Gasteiger partial charge in [0, 0.05) is 141 Å². The van der Waals surface area contributed by atoms with Crippen molar-refractivity contribution in [3.63, 3.8) is 0 Å². The Morgan fingerprint density at radius 2 is 0.250 bits per heavy atom. The SMILES string of the molecule is C1CCC([PH+](C2CCCCC2)C2CCCCC2)CC1.C1CCC([PH+](C2CCCCC2)C2CCCCC2)CC1.C1CCC([PH+](C2CCCCC2)C2CCCCC2)CC1.C1CCC([PH+](C2CCCCC2)C2CCCCC2)CC1.Clc1cc(Cl)cc([B-](c2cc(Cl)cc(Cl)c2)(c2cc(Cl)cc(Cl)c2)c2cc(Cl)cc(Cl)c2)c1.[Pt].[Pt].[Tl]. The van der Waals surface area contributed by atoms with E-state index in [9.17, 15) is 0 Å². The summed E-state index contributed by atoms with van der Waals surface area (Å²) in [6.07, 6.45) is 93.1. The summed E-state index contributed by atoms with van der Waals surface area (Å²) in [5.74, 6) is 0.